The van der Waals surface area contributed by atoms with E-state index in [4.69, 9.17) is 0 Å². The van der Waals surface area contributed by atoms with Crippen molar-refractivity contribution in [1.29, 1.82) is 0 Å². The zero-order valence-electron chi connectivity index (χ0n) is 10.5. The number of hydrogen-bond acceptors (Lipinski definition) is 3. The van der Waals surface area contributed by atoms with Gasteiger partial charge in [-0.25, -0.2) is 4.39 Å². The van der Waals surface area contributed by atoms with E-state index in [1.807, 2.05) is 23.5 Å². The van der Waals surface area contributed by atoms with Crippen molar-refractivity contribution in [1.82, 2.24) is 5.32 Å². The second kappa shape index (κ2) is 7.60. The molecule has 0 radical (unpaired) electrons. The van der Waals surface area contributed by atoms with Crippen molar-refractivity contribution >= 4 is 35.5 Å². The van der Waals surface area contributed by atoms with E-state index in [0.717, 1.165) is 17.1 Å². The molecule has 0 saturated carbocycles. The molecular weight excluding hydrogens is 281 g/mol. The summed E-state index contributed by atoms with van der Waals surface area (Å²) in [5.74, 6) is 3.11. The highest BCUT2D eigenvalue weighted by Gasteiger charge is 2.14. The molecule has 0 unspecified atom stereocenters. The highest BCUT2D eigenvalue weighted by molar-refractivity contribution is 8.06. The number of benzene rings is 1. The van der Waals surface area contributed by atoms with Crippen LogP contribution in [0.25, 0.3) is 6.08 Å². The van der Waals surface area contributed by atoms with E-state index < -0.39 is 0 Å². The molecule has 0 aliphatic carbocycles. The predicted octanol–water partition coefficient (Wildman–Crippen LogP) is 2.80. The van der Waals surface area contributed by atoms with Crippen molar-refractivity contribution in [2.75, 3.05) is 23.8 Å². The van der Waals surface area contributed by atoms with Crippen LogP contribution in [0, 0.1) is 5.82 Å². The number of rotatable bonds is 4. The van der Waals surface area contributed by atoms with Crippen molar-refractivity contribution in [3.63, 3.8) is 0 Å². The Hall–Kier alpha value is -0.940. The van der Waals surface area contributed by atoms with Crippen molar-refractivity contribution in [2.45, 2.75) is 5.25 Å². The van der Waals surface area contributed by atoms with Crippen LogP contribution in [0.3, 0.4) is 0 Å². The lowest BCUT2D eigenvalue weighted by atomic mass is 10.2. The van der Waals surface area contributed by atoms with E-state index in [-0.39, 0.29) is 11.7 Å². The second-order valence-electron chi connectivity index (χ2n) is 4.20. The first-order chi connectivity index (χ1) is 9.24. The first kappa shape index (κ1) is 14.5. The Morgan fingerprint density at radius 2 is 2.16 bits per heavy atom. The fourth-order valence-electron chi connectivity index (χ4n) is 1.67. The smallest absolute Gasteiger partial charge is 0.244 e. The maximum atomic E-state index is 12.7. The number of amides is 1. The van der Waals surface area contributed by atoms with Crippen LogP contribution >= 0.6 is 23.5 Å². The van der Waals surface area contributed by atoms with E-state index in [9.17, 15) is 9.18 Å². The molecule has 19 heavy (non-hydrogen) atoms. The van der Waals surface area contributed by atoms with Gasteiger partial charge in [0.2, 0.25) is 5.91 Å². The molecule has 102 valence electrons. The third-order valence-corrected chi connectivity index (χ3v) is 5.53. The third-order valence-electron chi connectivity index (χ3n) is 2.69. The number of carbonyl (C=O) groups excluding carboxylic acids is 1. The topological polar surface area (TPSA) is 29.1 Å². The SMILES string of the molecule is O=C(/C=C/c1ccc(F)cc1)NC[C@@H]1CSCCS1. The lowest BCUT2D eigenvalue weighted by Crippen LogP contribution is -2.32. The summed E-state index contributed by atoms with van der Waals surface area (Å²) in [4.78, 5) is 11.6. The van der Waals surface area contributed by atoms with Gasteiger partial charge in [0.05, 0.1) is 0 Å². The predicted molar refractivity (Wildman–Crippen MR) is 82.0 cm³/mol. The maximum absolute atomic E-state index is 12.7. The van der Waals surface area contributed by atoms with Crippen molar-refractivity contribution in [3.05, 3.63) is 41.7 Å². The lowest BCUT2D eigenvalue weighted by molar-refractivity contribution is -0.116. The molecule has 1 aromatic carbocycles. The normalized spacial score (nSPS) is 19.5. The fourth-order valence-corrected chi connectivity index (χ4v) is 4.29. The van der Waals surface area contributed by atoms with Gasteiger partial charge >= 0.3 is 0 Å². The Morgan fingerprint density at radius 1 is 1.37 bits per heavy atom. The summed E-state index contributed by atoms with van der Waals surface area (Å²) in [6, 6.07) is 6.06. The molecule has 1 fully saturated rings. The molecule has 1 saturated heterocycles. The average molecular weight is 297 g/mol. The van der Waals surface area contributed by atoms with Crippen LogP contribution < -0.4 is 5.32 Å². The zero-order chi connectivity index (χ0) is 13.5. The molecule has 0 aromatic heterocycles. The van der Waals surface area contributed by atoms with Gasteiger partial charge in [0, 0.05) is 35.1 Å². The van der Waals surface area contributed by atoms with Gasteiger partial charge in [0.1, 0.15) is 5.82 Å². The van der Waals surface area contributed by atoms with Gasteiger partial charge in [-0.15, -0.1) is 0 Å². The molecule has 1 amide bonds. The molecule has 2 nitrogen and oxygen atoms in total. The van der Waals surface area contributed by atoms with E-state index in [2.05, 4.69) is 5.32 Å². The summed E-state index contributed by atoms with van der Waals surface area (Å²) >= 11 is 3.86. The van der Waals surface area contributed by atoms with Crippen molar-refractivity contribution < 1.29 is 9.18 Å². The largest absolute Gasteiger partial charge is 0.351 e. The Balaban J connectivity index is 1.75. The van der Waals surface area contributed by atoms with Crippen molar-refractivity contribution in [2.24, 2.45) is 0 Å². The summed E-state index contributed by atoms with van der Waals surface area (Å²) in [7, 11) is 0. The standard InChI is InChI=1S/C14H16FNOS2/c15-12-4-1-11(2-5-12)3-6-14(17)16-9-13-10-18-7-8-19-13/h1-6,13H,7-10H2,(H,16,17)/b6-3+/t13-/m1/s1. The van der Waals surface area contributed by atoms with Gasteiger partial charge < -0.3 is 5.32 Å². The molecule has 1 aliphatic rings. The van der Waals surface area contributed by atoms with E-state index in [1.165, 1.54) is 24.0 Å². The zero-order valence-corrected chi connectivity index (χ0v) is 12.1. The van der Waals surface area contributed by atoms with E-state index in [1.54, 1.807) is 18.2 Å². The molecule has 0 spiro atoms. The van der Waals surface area contributed by atoms with Gasteiger partial charge in [-0.2, -0.15) is 23.5 Å². The van der Waals surface area contributed by atoms with Gasteiger partial charge in [-0.05, 0) is 23.8 Å². The molecule has 0 bridgehead atoms. The van der Waals surface area contributed by atoms with Crippen LogP contribution in [0.4, 0.5) is 4.39 Å². The van der Waals surface area contributed by atoms with Crippen LogP contribution in [0.5, 0.6) is 0 Å². The average Bonchev–Trinajstić information content (AvgIpc) is 2.45. The lowest BCUT2D eigenvalue weighted by Gasteiger charge is -2.20. The van der Waals surface area contributed by atoms with E-state index in [0.29, 0.717) is 11.8 Å². The summed E-state index contributed by atoms with van der Waals surface area (Å²) < 4.78 is 12.7. The molecule has 1 aliphatic heterocycles. The van der Waals surface area contributed by atoms with E-state index >= 15 is 0 Å². The Morgan fingerprint density at radius 3 is 2.84 bits per heavy atom. The maximum Gasteiger partial charge on any atom is 0.244 e. The number of thioether (sulfide) groups is 2. The molecular formula is C14H16FNOS2. The minimum atomic E-state index is -0.270. The number of carbonyl (C=O) groups is 1. The number of nitrogens with one attached hydrogen (secondary N) is 1. The monoisotopic (exact) mass is 297 g/mol. The summed E-state index contributed by atoms with van der Waals surface area (Å²) in [6.45, 7) is 0.713. The minimum absolute atomic E-state index is 0.0968. The third kappa shape index (κ3) is 5.28. The molecule has 1 aromatic rings. The van der Waals surface area contributed by atoms with Gasteiger partial charge in [-0.3, -0.25) is 4.79 Å². The van der Waals surface area contributed by atoms with Gasteiger partial charge in [0.15, 0.2) is 0 Å². The van der Waals surface area contributed by atoms with Gasteiger partial charge in [0.25, 0.3) is 0 Å². The summed E-state index contributed by atoms with van der Waals surface area (Å²) in [5, 5.41) is 3.42. The summed E-state index contributed by atoms with van der Waals surface area (Å²) in [6.07, 6.45) is 3.19. The highest BCUT2D eigenvalue weighted by atomic mass is 32.2. The number of halogens is 1. The minimum Gasteiger partial charge on any atom is -0.351 e. The Labute approximate surface area is 121 Å². The van der Waals surface area contributed by atoms with Gasteiger partial charge in [-0.1, -0.05) is 12.1 Å². The molecule has 1 heterocycles. The van der Waals surface area contributed by atoms with Crippen LogP contribution in [-0.2, 0) is 4.79 Å². The quantitative estimate of drug-likeness (QED) is 0.867. The number of hydrogen-bond donors (Lipinski definition) is 1. The van der Waals surface area contributed by atoms with Crippen LogP contribution in [0.1, 0.15) is 5.56 Å². The van der Waals surface area contributed by atoms with Crippen LogP contribution in [0.2, 0.25) is 0 Å². The van der Waals surface area contributed by atoms with Crippen LogP contribution in [0.15, 0.2) is 30.3 Å². The fraction of sp³-hybridized carbons (Fsp3) is 0.357. The Kier molecular flexibility index (Phi) is 5.79. The van der Waals surface area contributed by atoms with Crippen LogP contribution in [-0.4, -0.2) is 35.0 Å². The highest BCUT2D eigenvalue weighted by Crippen LogP contribution is 2.23. The molecule has 2 rings (SSSR count). The van der Waals surface area contributed by atoms with Crippen molar-refractivity contribution in [3.8, 4) is 0 Å². The first-order valence-electron chi connectivity index (χ1n) is 6.15. The Bertz CT molecular complexity index is 441. The second-order valence-corrected chi connectivity index (χ2v) is 6.76. The molecule has 1 N–H and O–H groups in total. The molecule has 5 heteroatoms. The summed E-state index contributed by atoms with van der Waals surface area (Å²) in [5.41, 5.74) is 0.819. The first-order valence-corrected chi connectivity index (χ1v) is 8.35. The molecule has 1 atom stereocenters.